The van der Waals surface area contributed by atoms with E-state index in [0.29, 0.717) is 4.75 Å². The van der Waals surface area contributed by atoms with Gasteiger partial charge in [-0.2, -0.15) is 0 Å². The van der Waals surface area contributed by atoms with Crippen LogP contribution in [0.15, 0.2) is 47.4 Å². The maximum absolute atomic E-state index is 2.37. The molecule has 0 nitrogen and oxygen atoms in total. The minimum atomic E-state index is 0.319. The molecule has 0 bridgehead atoms. The van der Waals surface area contributed by atoms with E-state index in [1.807, 2.05) is 11.8 Å². The topological polar surface area (TPSA) is 0 Å². The number of hydrogen-bond acceptors (Lipinski definition) is 1. The van der Waals surface area contributed by atoms with Crippen LogP contribution >= 0.6 is 11.8 Å². The summed E-state index contributed by atoms with van der Waals surface area (Å²) in [6.45, 7) is 2.33. The highest BCUT2D eigenvalue weighted by Crippen LogP contribution is 2.39. The molecule has 1 aromatic carbocycles. The first-order valence-electron chi connectivity index (χ1n) is 5.20. The van der Waals surface area contributed by atoms with Crippen LogP contribution in [0.5, 0.6) is 0 Å². The first-order chi connectivity index (χ1) is 6.79. The second kappa shape index (κ2) is 4.22. The van der Waals surface area contributed by atoms with Crippen molar-refractivity contribution >= 4 is 11.8 Å². The highest BCUT2D eigenvalue weighted by Gasteiger charge is 2.23. The number of allylic oxidation sites excluding steroid dienone is 1. The van der Waals surface area contributed by atoms with Gasteiger partial charge in [0.05, 0.1) is 0 Å². The maximum atomic E-state index is 2.37. The van der Waals surface area contributed by atoms with Crippen molar-refractivity contribution in [2.24, 2.45) is 0 Å². The Morgan fingerprint density at radius 2 is 2.00 bits per heavy atom. The molecule has 1 aliphatic carbocycles. The number of benzene rings is 1. The predicted octanol–water partition coefficient (Wildman–Crippen LogP) is 4.28. The normalized spacial score (nSPS) is 26.4. The Balaban J connectivity index is 2.10. The Hall–Kier alpha value is -0.690. The van der Waals surface area contributed by atoms with Crippen LogP contribution in [0.3, 0.4) is 0 Å². The summed E-state index contributed by atoms with van der Waals surface area (Å²) in [6.07, 6.45) is 8.56. The average Bonchev–Trinajstić information content (AvgIpc) is 2.19. The third-order valence-corrected chi connectivity index (χ3v) is 3.92. The standard InChI is InChI=1S/C13H16S/c1-13(10-6-3-7-11-13)14-12-8-4-2-5-9-12/h2,4-6,8-10H,3,7,11H2,1H3/t13-/m0/s1. The molecule has 1 atom stereocenters. The fraction of sp³-hybridized carbons (Fsp3) is 0.385. The van der Waals surface area contributed by atoms with Gasteiger partial charge >= 0.3 is 0 Å². The van der Waals surface area contributed by atoms with Crippen LogP contribution in [0.25, 0.3) is 0 Å². The Morgan fingerprint density at radius 3 is 2.64 bits per heavy atom. The lowest BCUT2D eigenvalue weighted by molar-refractivity contribution is 0.625. The third kappa shape index (κ3) is 2.42. The van der Waals surface area contributed by atoms with Gasteiger partial charge in [-0.25, -0.2) is 0 Å². The highest BCUT2D eigenvalue weighted by atomic mass is 32.2. The van der Waals surface area contributed by atoms with Crippen molar-refractivity contribution in [3.63, 3.8) is 0 Å². The van der Waals surface area contributed by atoms with Gasteiger partial charge in [-0.05, 0) is 38.3 Å². The van der Waals surface area contributed by atoms with Gasteiger partial charge in [0.25, 0.3) is 0 Å². The fourth-order valence-corrected chi connectivity index (χ4v) is 3.07. The molecule has 0 amide bonds. The molecule has 74 valence electrons. The largest absolute Gasteiger partial charge is 0.115 e. The van der Waals surface area contributed by atoms with Crippen molar-refractivity contribution in [1.29, 1.82) is 0 Å². The van der Waals surface area contributed by atoms with E-state index in [1.165, 1.54) is 24.2 Å². The van der Waals surface area contributed by atoms with Crippen LogP contribution in [0.4, 0.5) is 0 Å². The summed E-state index contributed by atoms with van der Waals surface area (Å²) in [6, 6.07) is 10.7. The molecule has 1 aromatic rings. The molecule has 0 aromatic heterocycles. The van der Waals surface area contributed by atoms with Crippen LogP contribution in [0.1, 0.15) is 26.2 Å². The molecule has 0 radical (unpaired) electrons. The van der Waals surface area contributed by atoms with Crippen molar-refractivity contribution in [3.8, 4) is 0 Å². The van der Waals surface area contributed by atoms with E-state index in [4.69, 9.17) is 0 Å². The van der Waals surface area contributed by atoms with Gasteiger partial charge in [0.2, 0.25) is 0 Å². The summed E-state index contributed by atoms with van der Waals surface area (Å²) >= 11 is 1.98. The summed E-state index contributed by atoms with van der Waals surface area (Å²) in [5.74, 6) is 0. The van der Waals surface area contributed by atoms with Gasteiger partial charge in [0.1, 0.15) is 0 Å². The van der Waals surface area contributed by atoms with Gasteiger partial charge in [-0.15, -0.1) is 11.8 Å². The zero-order valence-electron chi connectivity index (χ0n) is 8.57. The SMILES string of the molecule is C[C@]1(Sc2ccccc2)C=CCCC1. The van der Waals surface area contributed by atoms with Crippen LogP contribution in [0.2, 0.25) is 0 Å². The molecule has 0 spiro atoms. The van der Waals surface area contributed by atoms with E-state index in [9.17, 15) is 0 Å². The summed E-state index contributed by atoms with van der Waals surface area (Å²) in [4.78, 5) is 1.38. The summed E-state index contributed by atoms with van der Waals surface area (Å²) in [5.41, 5.74) is 0. The van der Waals surface area contributed by atoms with E-state index in [1.54, 1.807) is 0 Å². The Labute approximate surface area is 90.4 Å². The van der Waals surface area contributed by atoms with E-state index >= 15 is 0 Å². The highest BCUT2D eigenvalue weighted by molar-refractivity contribution is 8.00. The lowest BCUT2D eigenvalue weighted by Crippen LogP contribution is -2.18. The number of rotatable bonds is 2. The Morgan fingerprint density at radius 1 is 1.21 bits per heavy atom. The smallest absolute Gasteiger partial charge is 0.0358 e. The van der Waals surface area contributed by atoms with Crippen molar-refractivity contribution in [2.45, 2.75) is 35.8 Å². The quantitative estimate of drug-likeness (QED) is 0.648. The van der Waals surface area contributed by atoms with Gasteiger partial charge in [-0.3, -0.25) is 0 Å². The zero-order chi connectivity index (χ0) is 9.86. The van der Waals surface area contributed by atoms with Gasteiger partial charge in [0, 0.05) is 9.64 Å². The predicted molar refractivity (Wildman–Crippen MR) is 63.7 cm³/mol. The molecule has 1 heteroatoms. The Bertz CT molecular complexity index is 315. The van der Waals surface area contributed by atoms with Crippen LogP contribution in [0, 0.1) is 0 Å². The summed E-state index contributed by atoms with van der Waals surface area (Å²) in [5, 5.41) is 0. The molecular weight excluding hydrogens is 188 g/mol. The molecule has 1 aliphatic rings. The van der Waals surface area contributed by atoms with Crippen LogP contribution in [-0.4, -0.2) is 4.75 Å². The van der Waals surface area contributed by atoms with E-state index in [-0.39, 0.29) is 0 Å². The third-order valence-electron chi connectivity index (χ3n) is 2.61. The first-order valence-corrected chi connectivity index (χ1v) is 6.02. The molecule has 2 rings (SSSR count). The maximum Gasteiger partial charge on any atom is 0.0358 e. The van der Waals surface area contributed by atoms with Gasteiger partial charge in [0.15, 0.2) is 0 Å². The molecule has 0 heterocycles. The molecule has 0 fully saturated rings. The van der Waals surface area contributed by atoms with E-state index in [2.05, 4.69) is 49.4 Å². The minimum Gasteiger partial charge on any atom is -0.115 e. The molecular formula is C13H16S. The second-order valence-corrected chi connectivity index (χ2v) is 5.63. The second-order valence-electron chi connectivity index (χ2n) is 4.02. The van der Waals surface area contributed by atoms with E-state index in [0.717, 1.165) is 0 Å². The lowest BCUT2D eigenvalue weighted by Gasteiger charge is -2.28. The fourth-order valence-electron chi connectivity index (χ4n) is 1.83. The molecule has 0 N–H and O–H groups in total. The van der Waals surface area contributed by atoms with Crippen molar-refractivity contribution < 1.29 is 0 Å². The molecule has 0 saturated carbocycles. The molecule has 14 heavy (non-hydrogen) atoms. The lowest BCUT2D eigenvalue weighted by atomic mass is 9.97. The number of thioether (sulfide) groups is 1. The van der Waals surface area contributed by atoms with Crippen molar-refractivity contribution in [2.75, 3.05) is 0 Å². The van der Waals surface area contributed by atoms with Crippen molar-refractivity contribution in [3.05, 3.63) is 42.5 Å². The molecule has 0 aliphatic heterocycles. The molecule has 0 saturated heterocycles. The summed E-state index contributed by atoms with van der Waals surface area (Å²) < 4.78 is 0.319. The van der Waals surface area contributed by atoms with E-state index < -0.39 is 0 Å². The van der Waals surface area contributed by atoms with Gasteiger partial charge < -0.3 is 0 Å². The molecule has 0 unspecified atom stereocenters. The zero-order valence-corrected chi connectivity index (χ0v) is 9.39. The number of hydrogen-bond donors (Lipinski definition) is 0. The van der Waals surface area contributed by atoms with Crippen molar-refractivity contribution in [1.82, 2.24) is 0 Å². The monoisotopic (exact) mass is 204 g/mol. The Kier molecular flexibility index (Phi) is 2.97. The van der Waals surface area contributed by atoms with Gasteiger partial charge in [-0.1, -0.05) is 30.4 Å². The van der Waals surface area contributed by atoms with Crippen LogP contribution < -0.4 is 0 Å². The average molecular weight is 204 g/mol. The first kappa shape index (κ1) is 9.85. The minimum absolute atomic E-state index is 0.319. The summed E-state index contributed by atoms with van der Waals surface area (Å²) in [7, 11) is 0. The van der Waals surface area contributed by atoms with Crippen LogP contribution in [-0.2, 0) is 0 Å².